The smallest absolute Gasteiger partial charge is 0.266 e. The number of aromatic nitrogens is 1. The number of rotatable bonds is 4. The Kier molecular flexibility index (Phi) is 4.30. The molecule has 1 aliphatic heterocycles. The molecule has 132 valence electrons. The maximum atomic E-state index is 12.3. The molecule has 0 saturated carbocycles. The number of thiazole rings is 1. The average molecular weight is 367 g/mol. The predicted molar refractivity (Wildman–Crippen MR) is 102 cm³/mol. The molecule has 0 saturated heterocycles. The molecule has 0 aliphatic carbocycles. The largest absolute Gasteiger partial charge is 0.478 e. The first-order valence-corrected chi connectivity index (χ1v) is 9.20. The van der Waals surface area contributed by atoms with Crippen LogP contribution in [0.5, 0.6) is 5.75 Å². The number of nitrogens with zero attached hydrogens (tertiary/aromatic N) is 1. The lowest BCUT2D eigenvalue weighted by atomic mass is 10.1. The molecule has 0 radical (unpaired) electrons. The topological polar surface area (TPSA) is 80.3 Å². The van der Waals surface area contributed by atoms with E-state index < -0.39 is 6.10 Å². The number of carbonyl (C=O) groups excluding carboxylic acids is 2. The SMILES string of the molecule is CCc1ccc2nc(NC(=O)C[C@H]3Oc4ccccc4NC3=O)sc2c1. The van der Waals surface area contributed by atoms with Crippen LogP contribution in [0.2, 0.25) is 0 Å². The second kappa shape index (κ2) is 6.76. The molecule has 1 aromatic heterocycles. The molecule has 0 spiro atoms. The van der Waals surface area contributed by atoms with E-state index in [4.69, 9.17) is 4.74 Å². The van der Waals surface area contributed by atoms with Crippen LogP contribution >= 0.6 is 11.3 Å². The highest BCUT2D eigenvalue weighted by Gasteiger charge is 2.29. The number of hydrogen-bond acceptors (Lipinski definition) is 5. The third-order valence-corrected chi connectivity index (χ3v) is 5.12. The summed E-state index contributed by atoms with van der Waals surface area (Å²) in [6.45, 7) is 2.10. The number of amides is 2. The fraction of sp³-hybridized carbons (Fsp3) is 0.211. The van der Waals surface area contributed by atoms with E-state index in [9.17, 15) is 9.59 Å². The van der Waals surface area contributed by atoms with Gasteiger partial charge in [-0.05, 0) is 36.2 Å². The lowest BCUT2D eigenvalue weighted by Crippen LogP contribution is -2.39. The van der Waals surface area contributed by atoms with Crippen LogP contribution in [0, 0.1) is 0 Å². The lowest BCUT2D eigenvalue weighted by Gasteiger charge is -2.25. The summed E-state index contributed by atoms with van der Waals surface area (Å²) >= 11 is 1.42. The van der Waals surface area contributed by atoms with Gasteiger partial charge in [0, 0.05) is 0 Å². The quantitative estimate of drug-likeness (QED) is 0.738. The average Bonchev–Trinajstić information content (AvgIpc) is 3.03. The van der Waals surface area contributed by atoms with Crippen LogP contribution in [0.3, 0.4) is 0 Å². The van der Waals surface area contributed by atoms with Crippen molar-refractivity contribution in [1.29, 1.82) is 0 Å². The maximum absolute atomic E-state index is 12.3. The van der Waals surface area contributed by atoms with Crippen molar-refractivity contribution in [3.63, 3.8) is 0 Å². The third-order valence-electron chi connectivity index (χ3n) is 4.18. The first-order valence-electron chi connectivity index (χ1n) is 8.38. The zero-order valence-electron chi connectivity index (χ0n) is 14.1. The van der Waals surface area contributed by atoms with Gasteiger partial charge in [-0.25, -0.2) is 4.98 Å². The molecule has 3 aromatic rings. The molecule has 2 aromatic carbocycles. The van der Waals surface area contributed by atoms with E-state index >= 15 is 0 Å². The number of benzene rings is 2. The van der Waals surface area contributed by atoms with Crippen LogP contribution in [0.25, 0.3) is 10.2 Å². The predicted octanol–water partition coefficient (Wildman–Crippen LogP) is 3.59. The van der Waals surface area contributed by atoms with Gasteiger partial charge < -0.3 is 15.4 Å². The summed E-state index contributed by atoms with van der Waals surface area (Å²) in [5, 5.41) is 6.05. The zero-order chi connectivity index (χ0) is 18.1. The molecule has 0 fully saturated rings. The Morgan fingerprint density at radius 2 is 2.15 bits per heavy atom. The fourth-order valence-electron chi connectivity index (χ4n) is 2.81. The highest BCUT2D eigenvalue weighted by molar-refractivity contribution is 7.22. The van der Waals surface area contributed by atoms with Gasteiger partial charge >= 0.3 is 0 Å². The Labute approximate surface area is 154 Å². The summed E-state index contributed by atoms with van der Waals surface area (Å²) in [6, 6.07) is 13.2. The summed E-state index contributed by atoms with van der Waals surface area (Å²) in [4.78, 5) is 28.9. The Morgan fingerprint density at radius 1 is 1.31 bits per heavy atom. The van der Waals surface area contributed by atoms with Gasteiger partial charge in [0.15, 0.2) is 11.2 Å². The molecular weight excluding hydrogens is 350 g/mol. The van der Waals surface area contributed by atoms with Gasteiger partial charge in [0.25, 0.3) is 5.91 Å². The molecule has 4 rings (SSSR count). The second-order valence-corrected chi connectivity index (χ2v) is 7.05. The highest BCUT2D eigenvalue weighted by Crippen LogP contribution is 2.30. The Bertz CT molecular complexity index is 999. The van der Waals surface area contributed by atoms with Crippen molar-refractivity contribution in [3.05, 3.63) is 48.0 Å². The lowest BCUT2D eigenvalue weighted by molar-refractivity contribution is -0.128. The van der Waals surface area contributed by atoms with Crippen molar-refractivity contribution >= 4 is 44.2 Å². The number of ether oxygens (including phenoxy) is 1. The minimum Gasteiger partial charge on any atom is -0.478 e. The number of hydrogen-bond donors (Lipinski definition) is 2. The molecule has 26 heavy (non-hydrogen) atoms. The number of anilines is 2. The molecular formula is C19H17N3O3S. The number of nitrogens with one attached hydrogen (secondary N) is 2. The number of fused-ring (bicyclic) bond motifs is 2. The van der Waals surface area contributed by atoms with Gasteiger partial charge in [-0.3, -0.25) is 9.59 Å². The summed E-state index contributed by atoms with van der Waals surface area (Å²) in [5.74, 6) is -0.0629. The first kappa shape index (κ1) is 16.5. The Hall–Kier alpha value is -2.93. The van der Waals surface area contributed by atoms with Crippen molar-refractivity contribution in [3.8, 4) is 5.75 Å². The summed E-state index contributed by atoms with van der Waals surface area (Å²) in [5.41, 5.74) is 2.69. The van der Waals surface area contributed by atoms with E-state index in [1.54, 1.807) is 12.1 Å². The molecule has 0 bridgehead atoms. The summed E-state index contributed by atoms with van der Waals surface area (Å²) < 4.78 is 6.68. The van der Waals surface area contributed by atoms with Gasteiger partial charge in [0.05, 0.1) is 22.3 Å². The van der Waals surface area contributed by atoms with Crippen LogP contribution in [0.1, 0.15) is 18.9 Å². The molecule has 7 heteroatoms. The van der Waals surface area contributed by atoms with Crippen LogP contribution in [-0.4, -0.2) is 22.9 Å². The molecule has 0 unspecified atom stereocenters. The van der Waals surface area contributed by atoms with E-state index in [2.05, 4.69) is 28.6 Å². The van der Waals surface area contributed by atoms with Gasteiger partial charge in [-0.2, -0.15) is 0 Å². The van der Waals surface area contributed by atoms with E-state index in [1.807, 2.05) is 24.3 Å². The van der Waals surface area contributed by atoms with Crippen LogP contribution < -0.4 is 15.4 Å². The number of para-hydroxylation sites is 2. The molecule has 6 nitrogen and oxygen atoms in total. The normalized spacial score (nSPS) is 15.9. The Morgan fingerprint density at radius 3 is 3.00 bits per heavy atom. The summed E-state index contributed by atoms with van der Waals surface area (Å²) in [7, 11) is 0. The van der Waals surface area contributed by atoms with E-state index in [0.717, 1.165) is 16.6 Å². The molecule has 1 atom stereocenters. The van der Waals surface area contributed by atoms with E-state index in [-0.39, 0.29) is 18.2 Å². The van der Waals surface area contributed by atoms with Crippen LogP contribution in [0.4, 0.5) is 10.8 Å². The molecule has 2 heterocycles. The first-order chi connectivity index (χ1) is 12.6. The Balaban J connectivity index is 1.45. The van der Waals surface area contributed by atoms with Crippen molar-refractivity contribution in [2.75, 3.05) is 10.6 Å². The molecule has 1 aliphatic rings. The summed E-state index contributed by atoms with van der Waals surface area (Å²) in [6.07, 6.45) is 0.0208. The monoisotopic (exact) mass is 367 g/mol. The van der Waals surface area contributed by atoms with Gasteiger partial charge in [-0.1, -0.05) is 36.5 Å². The van der Waals surface area contributed by atoms with Gasteiger partial charge in [0.1, 0.15) is 5.75 Å². The van der Waals surface area contributed by atoms with Gasteiger partial charge in [-0.15, -0.1) is 0 Å². The van der Waals surface area contributed by atoms with Crippen molar-refractivity contribution in [1.82, 2.24) is 4.98 Å². The zero-order valence-corrected chi connectivity index (χ0v) is 14.9. The van der Waals surface area contributed by atoms with E-state index in [1.165, 1.54) is 16.9 Å². The van der Waals surface area contributed by atoms with Crippen molar-refractivity contribution < 1.29 is 14.3 Å². The molecule has 2 N–H and O–H groups in total. The van der Waals surface area contributed by atoms with E-state index in [0.29, 0.717) is 16.6 Å². The standard InChI is InChI=1S/C19H17N3O3S/c1-2-11-7-8-13-16(9-11)26-19(21-13)22-17(23)10-15-18(24)20-12-5-3-4-6-14(12)25-15/h3-9,15H,2,10H2,1H3,(H,20,24)(H,21,22,23)/t15-/m1/s1. The third kappa shape index (κ3) is 3.25. The number of aryl methyl sites for hydroxylation is 1. The molecule has 2 amide bonds. The highest BCUT2D eigenvalue weighted by atomic mass is 32.1. The van der Waals surface area contributed by atoms with Gasteiger partial charge in [0.2, 0.25) is 5.91 Å². The minimum absolute atomic E-state index is 0.0731. The maximum Gasteiger partial charge on any atom is 0.266 e. The minimum atomic E-state index is -0.856. The van der Waals surface area contributed by atoms with Crippen molar-refractivity contribution in [2.24, 2.45) is 0 Å². The van der Waals surface area contributed by atoms with Crippen LogP contribution in [0.15, 0.2) is 42.5 Å². The van der Waals surface area contributed by atoms with Crippen LogP contribution in [-0.2, 0) is 16.0 Å². The fourth-order valence-corrected chi connectivity index (χ4v) is 3.75. The van der Waals surface area contributed by atoms with Crippen molar-refractivity contribution in [2.45, 2.75) is 25.9 Å². The second-order valence-electron chi connectivity index (χ2n) is 6.02. The number of carbonyl (C=O) groups is 2.